The first-order valence-electron chi connectivity index (χ1n) is 8.08. The van der Waals surface area contributed by atoms with E-state index >= 15 is 0 Å². The van der Waals surface area contributed by atoms with E-state index in [0.717, 1.165) is 6.42 Å². The van der Waals surface area contributed by atoms with Crippen molar-refractivity contribution in [2.45, 2.75) is 65.1 Å². The first-order valence-corrected chi connectivity index (χ1v) is 8.08. The molecule has 1 saturated heterocycles. The molecule has 2 atom stereocenters. The van der Waals surface area contributed by atoms with Crippen LogP contribution in [0.3, 0.4) is 0 Å². The van der Waals surface area contributed by atoms with E-state index in [4.69, 9.17) is 4.74 Å². The van der Waals surface area contributed by atoms with Crippen LogP contribution in [0, 0.1) is 5.92 Å². The summed E-state index contributed by atoms with van der Waals surface area (Å²) in [6, 6.07) is -1.18. The Balaban J connectivity index is 2.82. The molecule has 0 spiro atoms. The molecule has 0 radical (unpaired) electrons. The molecule has 1 heterocycles. The number of rotatable bonds is 4. The molecule has 0 aromatic rings. The van der Waals surface area contributed by atoms with Crippen LogP contribution < -0.4 is 10.6 Å². The van der Waals surface area contributed by atoms with E-state index in [1.807, 2.05) is 13.8 Å². The summed E-state index contributed by atoms with van der Waals surface area (Å²) >= 11 is 0. The lowest BCUT2D eigenvalue weighted by molar-refractivity contribution is -0.140. The summed E-state index contributed by atoms with van der Waals surface area (Å²) in [5.41, 5.74) is -0.632. The average Bonchev–Trinajstić information content (AvgIpc) is 2.90. The molecule has 23 heavy (non-hydrogen) atoms. The number of carbonyl (C=O) groups is 3. The van der Waals surface area contributed by atoms with Gasteiger partial charge in [0, 0.05) is 13.6 Å². The predicted octanol–water partition coefficient (Wildman–Crippen LogP) is 1.27. The van der Waals surface area contributed by atoms with Gasteiger partial charge < -0.3 is 20.3 Å². The second-order valence-electron chi connectivity index (χ2n) is 7.17. The van der Waals surface area contributed by atoms with E-state index in [2.05, 4.69) is 10.6 Å². The van der Waals surface area contributed by atoms with Gasteiger partial charge in [-0.15, -0.1) is 0 Å². The number of nitrogens with zero attached hydrogens (tertiary/aromatic N) is 1. The Bertz CT molecular complexity index is 457. The molecule has 0 aromatic carbocycles. The van der Waals surface area contributed by atoms with Crippen molar-refractivity contribution in [1.29, 1.82) is 0 Å². The highest BCUT2D eigenvalue weighted by Crippen LogP contribution is 2.20. The highest BCUT2D eigenvalue weighted by Gasteiger charge is 2.38. The van der Waals surface area contributed by atoms with Gasteiger partial charge in [0.1, 0.15) is 17.7 Å². The largest absolute Gasteiger partial charge is 0.444 e. The second kappa shape index (κ2) is 7.66. The summed E-state index contributed by atoms with van der Waals surface area (Å²) in [6.45, 7) is 9.52. The molecule has 0 bridgehead atoms. The molecule has 0 aliphatic carbocycles. The van der Waals surface area contributed by atoms with Crippen LogP contribution in [0.1, 0.15) is 47.5 Å². The van der Waals surface area contributed by atoms with Crippen LogP contribution in [0.5, 0.6) is 0 Å². The van der Waals surface area contributed by atoms with Crippen LogP contribution in [0.15, 0.2) is 0 Å². The maximum absolute atomic E-state index is 12.8. The third-order valence-corrected chi connectivity index (χ3v) is 3.69. The lowest BCUT2D eigenvalue weighted by atomic mass is 10.0. The van der Waals surface area contributed by atoms with Crippen molar-refractivity contribution < 1.29 is 19.1 Å². The quantitative estimate of drug-likeness (QED) is 0.814. The first-order chi connectivity index (χ1) is 10.6. The fourth-order valence-corrected chi connectivity index (χ4v) is 2.60. The number of nitrogens with one attached hydrogen (secondary N) is 2. The van der Waals surface area contributed by atoms with Gasteiger partial charge in [0.2, 0.25) is 11.8 Å². The Labute approximate surface area is 138 Å². The maximum atomic E-state index is 12.8. The minimum absolute atomic E-state index is 0.110. The first kappa shape index (κ1) is 19.3. The van der Waals surface area contributed by atoms with Gasteiger partial charge >= 0.3 is 6.09 Å². The Morgan fingerprint density at radius 2 is 1.83 bits per heavy atom. The second-order valence-corrected chi connectivity index (χ2v) is 7.17. The molecular formula is C16H29N3O4. The van der Waals surface area contributed by atoms with Gasteiger partial charge in [0.05, 0.1) is 0 Å². The van der Waals surface area contributed by atoms with E-state index in [1.165, 1.54) is 0 Å². The number of alkyl carbamates (subject to hydrolysis) is 1. The summed E-state index contributed by atoms with van der Waals surface area (Å²) in [4.78, 5) is 38.2. The van der Waals surface area contributed by atoms with Crippen LogP contribution in [-0.4, -0.2) is 54.1 Å². The molecular weight excluding hydrogens is 298 g/mol. The Morgan fingerprint density at radius 3 is 2.30 bits per heavy atom. The van der Waals surface area contributed by atoms with Gasteiger partial charge in [-0.05, 0) is 39.5 Å². The molecule has 7 heteroatoms. The monoisotopic (exact) mass is 327 g/mol. The topological polar surface area (TPSA) is 87.7 Å². The van der Waals surface area contributed by atoms with Gasteiger partial charge in [0.15, 0.2) is 0 Å². The van der Waals surface area contributed by atoms with E-state index in [1.54, 1.807) is 32.7 Å². The van der Waals surface area contributed by atoms with Gasteiger partial charge in [0.25, 0.3) is 0 Å². The van der Waals surface area contributed by atoms with E-state index < -0.39 is 23.8 Å². The minimum atomic E-state index is -0.713. The molecule has 132 valence electrons. The van der Waals surface area contributed by atoms with Crippen molar-refractivity contribution in [2.75, 3.05) is 13.6 Å². The molecule has 1 fully saturated rings. The van der Waals surface area contributed by atoms with E-state index in [-0.39, 0.29) is 17.7 Å². The van der Waals surface area contributed by atoms with Gasteiger partial charge in [-0.25, -0.2) is 4.79 Å². The van der Waals surface area contributed by atoms with E-state index in [0.29, 0.717) is 13.0 Å². The minimum Gasteiger partial charge on any atom is -0.444 e. The average molecular weight is 327 g/mol. The zero-order valence-corrected chi connectivity index (χ0v) is 14.9. The summed E-state index contributed by atoms with van der Waals surface area (Å²) < 4.78 is 5.23. The third-order valence-electron chi connectivity index (χ3n) is 3.69. The molecule has 1 aliphatic rings. The van der Waals surface area contributed by atoms with Gasteiger partial charge in [-0.3, -0.25) is 9.59 Å². The van der Waals surface area contributed by atoms with Crippen LogP contribution in [0.4, 0.5) is 4.79 Å². The number of ether oxygens (including phenoxy) is 1. The highest BCUT2D eigenvalue weighted by molar-refractivity contribution is 5.91. The smallest absolute Gasteiger partial charge is 0.408 e. The van der Waals surface area contributed by atoms with Crippen molar-refractivity contribution in [3.05, 3.63) is 0 Å². The van der Waals surface area contributed by atoms with Crippen molar-refractivity contribution in [2.24, 2.45) is 5.92 Å². The van der Waals surface area contributed by atoms with Gasteiger partial charge in [-0.2, -0.15) is 0 Å². The molecule has 1 rings (SSSR count). The number of carbonyl (C=O) groups excluding carboxylic acids is 3. The lowest BCUT2D eigenvalue weighted by Gasteiger charge is -2.31. The predicted molar refractivity (Wildman–Crippen MR) is 86.8 cm³/mol. The summed E-state index contributed by atoms with van der Waals surface area (Å²) in [5, 5.41) is 5.23. The normalized spacial score (nSPS) is 19.4. The Morgan fingerprint density at radius 1 is 1.22 bits per heavy atom. The molecule has 0 aromatic heterocycles. The number of hydrogen-bond acceptors (Lipinski definition) is 4. The summed E-state index contributed by atoms with van der Waals surface area (Å²) in [6.07, 6.45) is 0.796. The third kappa shape index (κ3) is 5.41. The van der Waals surface area contributed by atoms with Gasteiger partial charge in [-0.1, -0.05) is 13.8 Å². The molecule has 2 N–H and O–H groups in total. The Hall–Kier alpha value is -1.79. The fraction of sp³-hybridized carbons (Fsp3) is 0.812. The van der Waals surface area contributed by atoms with Crippen LogP contribution in [0.25, 0.3) is 0 Å². The van der Waals surface area contributed by atoms with E-state index in [9.17, 15) is 14.4 Å². The standard InChI is InChI=1S/C16H29N3O4/c1-10(2)12(18-15(22)23-16(3,4)5)14(21)19-9-7-8-11(19)13(20)17-6/h10-12H,7-9H2,1-6H3,(H,17,20)(H,18,22). The van der Waals surface area contributed by atoms with Crippen molar-refractivity contribution in [3.8, 4) is 0 Å². The molecule has 7 nitrogen and oxygen atoms in total. The van der Waals surface area contributed by atoms with Crippen LogP contribution in [-0.2, 0) is 14.3 Å². The maximum Gasteiger partial charge on any atom is 0.408 e. The molecule has 1 aliphatic heterocycles. The van der Waals surface area contributed by atoms with Crippen molar-refractivity contribution in [1.82, 2.24) is 15.5 Å². The SMILES string of the molecule is CNC(=O)C1CCCN1C(=O)C(NC(=O)OC(C)(C)C)C(C)C. The van der Waals surface area contributed by atoms with Crippen LogP contribution >= 0.6 is 0 Å². The molecule has 2 unspecified atom stereocenters. The Kier molecular flexibility index (Phi) is 6.41. The number of likely N-dealkylation sites (tertiary alicyclic amines) is 1. The fourth-order valence-electron chi connectivity index (χ4n) is 2.60. The zero-order valence-electron chi connectivity index (χ0n) is 14.9. The highest BCUT2D eigenvalue weighted by atomic mass is 16.6. The number of hydrogen-bond donors (Lipinski definition) is 2. The molecule has 3 amide bonds. The number of likely N-dealkylation sites (N-methyl/N-ethyl adjacent to an activating group) is 1. The lowest BCUT2D eigenvalue weighted by Crippen LogP contribution is -2.55. The van der Waals surface area contributed by atoms with Crippen LogP contribution in [0.2, 0.25) is 0 Å². The van der Waals surface area contributed by atoms with Crippen molar-refractivity contribution >= 4 is 17.9 Å². The summed E-state index contributed by atoms with van der Waals surface area (Å²) in [5.74, 6) is -0.520. The van der Waals surface area contributed by atoms with Crippen molar-refractivity contribution in [3.63, 3.8) is 0 Å². The summed E-state index contributed by atoms with van der Waals surface area (Å²) in [7, 11) is 1.56. The zero-order chi connectivity index (χ0) is 17.8. The number of amides is 3. The molecule has 0 saturated carbocycles.